The molecule has 0 unspecified atom stereocenters. The Bertz CT molecular complexity index is 425. The van der Waals surface area contributed by atoms with Gasteiger partial charge in [0.2, 0.25) is 0 Å². The summed E-state index contributed by atoms with van der Waals surface area (Å²) in [6, 6.07) is 17.3. The maximum Gasteiger partial charge on any atom is 0.0814 e. The van der Waals surface area contributed by atoms with Crippen molar-refractivity contribution < 1.29 is 0 Å². The molecule has 3 rings (SSSR count). The lowest BCUT2D eigenvalue weighted by molar-refractivity contribution is 1.26. The standard InChI is InChI=1S/C13H10.2BH3.H3N/c1-3-7-12-10(5-1)9-11-6-2-4-8-13(11)12;;;/h1-8H,9H2;3*1H3. The van der Waals surface area contributed by atoms with Crippen molar-refractivity contribution in [2.45, 2.75) is 6.42 Å². The molecule has 0 fully saturated rings. The number of fused-ring (bicyclic) bond motifs is 3. The predicted octanol–water partition coefficient (Wildman–Crippen LogP) is 1.05. The highest BCUT2D eigenvalue weighted by Crippen LogP contribution is 2.35. The van der Waals surface area contributed by atoms with Crippen molar-refractivity contribution in [3.8, 4) is 11.1 Å². The third-order valence-corrected chi connectivity index (χ3v) is 2.71. The van der Waals surface area contributed by atoms with Crippen molar-refractivity contribution >= 4 is 16.8 Å². The van der Waals surface area contributed by atoms with Crippen molar-refractivity contribution in [3.63, 3.8) is 0 Å². The van der Waals surface area contributed by atoms with Gasteiger partial charge in [-0.05, 0) is 28.7 Å². The molecule has 82 valence electrons. The molecule has 0 aromatic heterocycles. The molecule has 0 aliphatic heterocycles. The minimum atomic E-state index is 0. The fraction of sp³-hybridized carbons (Fsp3) is 0.0769. The van der Waals surface area contributed by atoms with E-state index in [1.54, 1.807) is 0 Å². The smallest absolute Gasteiger partial charge is 0.0814 e. The Morgan fingerprint density at radius 3 is 1.44 bits per heavy atom. The van der Waals surface area contributed by atoms with Gasteiger partial charge in [0.25, 0.3) is 0 Å². The van der Waals surface area contributed by atoms with Crippen LogP contribution in [0.2, 0.25) is 0 Å². The molecule has 3 heteroatoms. The number of benzene rings is 2. The molecule has 0 heterocycles. The molecular formula is C13H19B2N. The quantitative estimate of drug-likeness (QED) is 0.554. The predicted molar refractivity (Wildman–Crippen MR) is 79.6 cm³/mol. The van der Waals surface area contributed by atoms with Crippen LogP contribution in [0.1, 0.15) is 11.1 Å². The first kappa shape index (κ1) is 14.5. The molecule has 16 heavy (non-hydrogen) atoms. The molecule has 0 atom stereocenters. The molecule has 0 saturated carbocycles. The summed E-state index contributed by atoms with van der Waals surface area (Å²) >= 11 is 0. The van der Waals surface area contributed by atoms with Crippen LogP contribution in [0.4, 0.5) is 0 Å². The molecule has 0 amide bonds. The highest BCUT2D eigenvalue weighted by atomic mass is 14.2. The minimum absolute atomic E-state index is 0. The summed E-state index contributed by atoms with van der Waals surface area (Å²) in [7, 11) is 0. The van der Waals surface area contributed by atoms with Crippen LogP contribution in [0.25, 0.3) is 11.1 Å². The summed E-state index contributed by atoms with van der Waals surface area (Å²) in [6.07, 6.45) is 1.10. The van der Waals surface area contributed by atoms with E-state index in [1.165, 1.54) is 22.3 Å². The lowest BCUT2D eigenvalue weighted by Gasteiger charge is -1.98. The van der Waals surface area contributed by atoms with Crippen molar-refractivity contribution in [3.05, 3.63) is 59.7 Å². The Morgan fingerprint density at radius 1 is 0.625 bits per heavy atom. The molecular weight excluding hydrogens is 192 g/mol. The summed E-state index contributed by atoms with van der Waals surface area (Å²) in [5.41, 5.74) is 5.75. The van der Waals surface area contributed by atoms with Gasteiger partial charge in [0.15, 0.2) is 0 Å². The Hall–Kier alpha value is -1.47. The molecule has 1 nitrogen and oxygen atoms in total. The largest absolute Gasteiger partial charge is 0.344 e. The molecule has 0 saturated heterocycles. The summed E-state index contributed by atoms with van der Waals surface area (Å²) in [5, 5.41) is 0. The van der Waals surface area contributed by atoms with E-state index in [-0.39, 0.29) is 23.0 Å². The Kier molecular flexibility index (Phi) is 5.06. The number of hydrogen-bond donors (Lipinski definition) is 1. The van der Waals surface area contributed by atoms with Crippen LogP contribution in [0.15, 0.2) is 48.5 Å². The van der Waals surface area contributed by atoms with E-state index in [2.05, 4.69) is 48.5 Å². The van der Waals surface area contributed by atoms with Gasteiger partial charge in [-0.1, -0.05) is 48.5 Å². The van der Waals surface area contributed by atoms with Gasteiger partial charge in [0.1, 0.15) is 0 Å². The number of rotatable bonds is 0. The summed E-state index contributed by atoms with van der Waals surface area (Å²) in [4.78, 5) is 0. The first-order chi connectivity index (χ1) is 6.45. The van der Waals surface area contributed by atoms with E-state index >= 15 is 0 Å². The van der Waals surface area contributed by atoms with Gasteiger partial charge in [-0.15, -0.1) is 0 Å². The lowest BCUT2D eigenvalue weighted by Crippen LogP contribution is -1.77. The van der Waals surface area contributed by atoms with Crippen LogP contribution in [0, 0.1) is 0 Å². The van der Waals surface area contributed by atoms with Gasteiger partial charge in [0, 0.05) is 0 Å². The zero-order chi connectivity index (χ0) is 8.67. The minimum Gasteiger partial charge on any atom is -0.344 e. The van der Waals surface area contributed by atoms with Crippen molar-refractivity contribution in [2.24, 2.45) is 0 Å². The van der Waals surface area contributed by atoms with E-state index in [1.807, 2.05) is 0 Å². The van der Waals surface area contributed by atoms with Gasteiger partial charge < -0.3 is 6.15 Å². The second kappa shape index (κ2) is 5.57. The molecule has 3 N–H and O–H groups in total. The van der Waals surface area contributed by atoms with Crippen LogP contribution in [-0.4, -0.2) is 16.8 Å². The summed E-state index contributed by atoms with van der Waals surface area (Å²) < 4.78 is 0. The normalized spacial score (nSPS) is 10.0. The first-order valence-electron chi connectivity index (χ1n) is 4.61. The monoisotopic (exact) mass is 211 g/mol. The van der Waals surface area contributed by atoms with Crippen molar-refractivity contribution in [1.29, 1.82) is 0 Å². The van der Waals surface area contributed by atoms with Crippen LogP contribution >= 0.6 is 0 Å². The third kappa shape index (κ3) is 2.05. The molecule has 0 spiro atoms. The zero-order valence-corrected chi connectivity index (χ0v) is 8.03. The fourth-order valence-corrected chi connectivity index (χ4v) is 2.08. The van der Waals surface area contributed by atoms with E-state index in [0.29, 0.717) is 0 Å². The fourth-order valence-electron chi connectivity index (χ4n) is 2.08. The third-order valence-electron chi connectivity index (χ3n) is 2.71. The average Bonchev–Trinajstić information content (AvgIpc) is 2.56. The molecule has 1 aliphatic carbocycles. The van der Waals surface area contributed by atoms with E-state index < -0.39 is 0 Å². The summed E-state index contributed by atoms with van der Waals surface area (Å²) in [5.74, 6) is 0. The second-order valence-corrected chi connectivity index (χ2v) is 3.49. The summed E-state index contributed by atoms with van der Waals surface area (Å²) in [6.45, 7) is 0. The van der Waals surface area contributed by atoms with Crippen LogP contribution in [0.3, 0.4) is 0 Å². The Balaban J connectivity index is 0.000000750. The Labute approximate surface area is 101 Å². The van der Waals surface area contributed by atoms with Crippen LogP contribution in [-0.2, 0) is 6.42 Å². The highest BCUT2D eigenvalue weighted by Gasteiger charge is 2.15. The van der Waals surface area contributed by atoms with Gasteiger partial charge in [-0.2, -0.15) is 0 Å². The van der Waals surface area contributed by atoms with Gasteiger partial charge in [0.05, 0.1) is 16.8 Å². The maximum absolute atomic E-state index is 2.22. The highest BCUT2D eigenvalue weighted by molar-refractivity contribution is 5.76. The average molecular weight is 211 g/mol. The van der Waals surface area contributed by atoms with E-state index in [0.717, 1.165) is 6.42 Å². The molecule has 1 aliphatic rings. The van der Waals surface area contributed by atoms with Crippen molar-refractivity contribution in [2.75, 3.05) is 0 Å². The second-order valence-electron chi connectivity index (χ2n) is 3.49. The van der Waals surface area contributed by atoms with Crippen LogP contribution < -0.4 is 6.15 Å². The number of hydrogen-bond acceptors (Lipinski definition) is 1. The molecule has 0 radical (unpaired) electrons. The molecule has 2 aromatic carbocycles. The van der Waals surface area contributed by atoms with E-state index in [4.69, 9.17) is 0 Å². The lowest BCUT2D eigenvalue weighted by atomic mass is 10.1. The van der Waals surface area contributed by atoms with E-state index in [9.17, 15) is 0 Å². The Morgan fingerprint density at radius 2 is 1.00 bits per heavy atom. The van der Waals surface area contributed by atoms with Gasteiger partial charge in [-0.3, -0.25) is 0 Å². The molecule has 0 bridgehead atoms. The van der Waals surface area contributed by atoms with Gasteiger partial charge >= 0.3 is 0 Å². The van der Waals surface area contributed by atoms with Crippen LogP contribution in [0.5, 0.6) is 0 Å². The van der Waals surface area contributed by atoms with Crippen molar-refractivity contribution in [1.82, 2.24) is 6.15 Å². The SMILES string of the molecule is B.B.N.c1ccc2c(c1)Cc1ccccc1-2. The van der Waals surface area contributed by atoms with Gasteiger partial charge in [-0.25, -0.2) is 0 Å². The molecule has 2 aromatic rings. The first-order valence-corrected chi connectivity index (χ1v) is 4.61. The zero-order valence-electron chi connectivity index (χ0n) is 8.03. The topological polar surface area (TPSA) is 35.0 Å². The maximum atomic E-state index is 2.22.